The molecule has 0 bridgehead atoms. The Morgan fingerprint density at radius 1 is 1.55 bits per heavy atom. The fourth-order valence-electron chi connectivity index (χ4n) is 0.902. The van der Waals surface area contributed by atoms with Crippen molar-refractivity contribution >= 4 is 0 Å². The van der Waals surface area contributed by atoms with E-state index in [4.69, 9.17) is 0 Å². The third-order valence-electron chi connectivity index (χ3n) is 2.59. The van der Waals surface area contributed by atoms with E-state index in [1.54, 1.807) is 0 Å². The summed E-state index contributed by atoms with van der Waals surface area (Å²) in [5, 5.41) is 3.21. The number of hydrogen-bond acceptors (Lipinski definition) is 1. The summed E-state index contributed by atoms with van der Waals surface area (Å²) in [4.78, 5) is 0. The van der Waals surface area contributed by atoms with Crippen molar-refractivity contribution in [3.8, 4) is 0 Å². The highest BCUT2D eigenvalue weighted by Crippen LogP contribution is 2.29. The predicted octanol–water partition coefficient (Wildman–Crippen LogP) is 2.36. The zero-order valence-electron chi connectivity index (χ0n) is 8.07. The Balaban J connectivity index is 4.43. The molecule has 0 aliphatic rings. The standard InChI is InChI=1S/C10H19N/c1-7-8(2)10(4,5)9(3)11-6/h7,9,11H,1-2H2,3-6H3. The van der Waals surface area contributed by atoms with Gasteiger partial charge in [0.1, 0.15) is 0 Å². The van der Waals surface area contributed by atoms with Crippen LogP contribution in [0.3, 0.4) is 0 Å². The van der Waals surface area contributed by atoms with Gasteiger partial charge in [-0.1, -0.05) is 33.1 Å². The average Bonchev–Trinajstić information content (AvgIpc) is 2.01. The maximum Gasteiger partial charge on any atom is 0.0127 e. The summed E-state index contributed by atoms with van der Waals surface area (Å²) < 4.78 is 0. The molecule has 0 aliphatic heterocycles. The van der Waals surface area contributed by atoms with Gasteiger partial charge in [-0.15, -0.1) is 0 Å². The monoisotopic (exact) mass is 153 g/mol. The van der Waals surface area contributed by atoms with Gasteiger partial charge in [0, 0.05) is 11.5 Å². The van der Waals surface area contributed by atoms with Crippen LogP contribution in [0, 0.1) is 5.41 Å². The zero-order valence-corrected chi connectivity index (χ0v) is 8.07. The first-order valence-corrected chi connectivity index (χ1v) is 3.96. The Morgan fingerprint density at radius 3 is 2.27 bits per heavy atom. The first kappa shape index (κ1) is 10.4. The van der Waals surface area contributed by atoms with Crippen molar-refractivity contribution in [3.63, 3.8) is 0 Å². The molecule has 0 saturated carbocycles. The summed E-state index contributed by atoms with van der Waals surface area (Å²) >= 11 is 0. The van der Waals surface area contributed by atoms with Crippen LogP contribution in [0.4, 0.5) is 0 Å². The summed E-state index contributed by atoms with van der Waals surface area (Å²) in [5.74, 6) is 0. The van der Waals surface area contributed by atoms with Crippen molar-refractivity contribution in [2.75, 3.05) is 7.05 Å². The second-order valence-corrected chi connectivity index (χ2v) is 3.46. The Bertz CT molecular complexity index is 156. The van der Waals surface area contributed by atoms with Crippen molar-refractivity contribution in [1.82, 2.24) is 5.32 Å². The lowest BCUT2D eigenvalue weighted by Crippen LogP contribution is -2.37. The van der Waals surface area contributed by atoms with E-state index in [1.807, 2.05) is 13.1 Å². The molecular formula is C10H19N. The third kappa shape index (κ3) is 2.19. The highest BCUT2D eigenvalue weighted by Gasteiger charge is 2.25. The van der Waals surface area contributed by atoms with Gasteiger partial charge in [-0.05, 0) is 19.5 Å². The molecule has 0 rings (SSSR count). The molecule has 0 aliphatic carbocycles. The van der Waals surface area contributed by atoms with E-state index in [1.165, 1.54) is 0 Å². The normalized spacial score (nSPS) is 14.2. The SMILES string of the molecule is C=CC(=C)C(C)(C)C(C)NC. The van der Waals surface area contributed by atoms with Gasteiger partial charge in [0.05, 0.1) is 0 Å². The van der Waals surface area contributed by atoms with Crippen molar-refractivity contribution in [1.29, 1.82) is 0 Å². The predicted molar refractivity (Wildman–Crippen MR) is 51.6 cm³/mol. The molecular weight excluding hydrogens is 134 g/mol. The molecule has 1 atom stereocenters. The van der Waals surface area contributed by atoms with E-state index in [-0.39, 0.29) is 5.41 Å². The van der Waals surface area contributed by atoms with Crippen LogP contribution in [0.15, 0.2) is 24.8 Å². The van der Waals surface area contributed by atoms with E-state index < -0.39 is 0 Å². The Kier molecular flexibility index (Phi) is 3.53. The molecule has 11 heavy (non-hydrogen) atoms. The molecule has 64 valence electrons. The Labute approximate surface area is 70.2 Å². The van der Waals surface area contributed by atoms with Gasteiger partial charge in [-0.3, -0.25) is 0 Å². The van der Waals surface area contributed by atoms with Crippen molar-refractivity contribution < 1.29 is 0 Å². The molecule has 1 nitrogen and oxygen atoms in total. The highest BCUT2D eigenvalue weighted by atomic mass is 14.9. The largest absolute Gasteiger partial charge is 0.316 e. The number of nitrogens with one attached hydrogen (secondary N) is 1. The van der Waals surface area contributed by atoms with Crippen molar-refractivity contribution in [2.45, 2.75) is 26.8 Å². The molecule has 0 aromatic rings. The lowest BCUT2D eigenvalue weighted by atomic mass is 9.79. The van der Waals surface area contributed by atoms with Crippen molar-refractivity contribution in [2.24, 2.45) is 5.41 Å². The van der Waals surface area contributed by atoms with Crippen molar-refractivity contribution in [3.05, 3.63) is 24.8 Å². The van der Waals surface area contributed by atoms with Gasteiger partial charge in [-0.2, -0.15) is 0 Å². The summed E-state index contributed by atoms with van der Waals surface area (Å²) in [6.07, 6.45) is 1.83. The lowest BCUT2D eigenvalue weighted by molar-refractivity contribution is 0.334. The molecule has 0 heterocycles. The molecule has 0 aromatic carbocycles. The van der Waals surface area contributed by atoms with Crippen LogP contribution < -0.4 is 5.32 Å². The number of rotatable bonds is 4. The fourth-order valence-corrected chi connectivity index (χ4v) is 0.902. The zero-order chi connectivity index (χ0) is 9.07. The van der Waals surface area contributed by atoms with Crippen LogP contribution in [-0.4, -0.2) is 13.1 Å². The minimum Gasteiger partial charge on any atom is -0.316 e. The summed E-state index contributed by atoms with van der Waals surface area (Å²) in [7, 11) is 1.96. The minimum atomic E-state index is 0.0938. The van der Waals surface area contributed by atoms with Gasteiger partial charge in [-0.25, -0.2) is 0 Å². The molecule has 0 aromatic heterocycles. The molecule has 0 spiro atoms. The van der Waals surface area contributed by atoms with Crippen LogP contribution in [0.25, 0.3) is 0 Å². The Morgan fingerprint density at radius 2 is 2.00 bits per heavy atom. The van der Waals surface area contributed by atoms with Crippen LogP contribution in [0.1, 0.15) is 20.8 Å². The van der Waals surface area contributed by atoms with E-state index in [2.05, 4.69) is 39.2 Å². The summed E-state index contributed by atoms with van der Waals surface area (Å²) in [6.45, 7) is 14.1. The van der Waals surface area contributed by atoms with Gasteiger partial charge < -0.3 is 5.32 Å². The third-order valence-corrected chi connectivity index (χ3v) is 2.59. The van der Waals surface area contributed by atoms with Crippen LogP contribution in [0.2, 0.25) is 0 Å². The quantitative estimate of drug-likeness (QED) is 0.611. The van der Waals surface area contributed by atoms with Crippen LogP contribution in [-0.2, 0) is 0 Å². The van der Waals surface area contributed by atoms with E-state index in [0.29, 0.717) is 6.04 Å². The second kappa shape index (κ2) is 3.72. The smallest absolute Gasteiger partial charge is 0.0127 e. The second-order valence-electron chi connectivity index (χ2n) is 3.46. The highest BCUT2D eigenvalue weighted by molar-refractivity contribution is 5.21. The molecule has 0 radical (unpaired) electrons. The molecule has 1 unspecified atom stereocenters. The molecule has 0 amide bonds. The average molecular weight is 153 g/mol. The van der Waals surface area contributed by atoms with Gasteiger partial charge >= 0.3 is 0 Å². The van der Waals surface area contributed by atoms with Crippen LogP contribution in [0.5, 0.6) is 0 Å². The van der Waals surface area contributed by atoms with E-state index >= 15 is 0 Å². The summed E-state index contributed by atoms with van der Waals surface area (Å²) in [5.41, 5.74) is 1.18. The lowest BCUT2D eigenvalue weighted by Gasteiger charge is -2.32. The fraction of sp³-hybridized carbons (Fsp3) is 0.600. The Hall–Kier alpha value is -0.560. The molecule has 0 fully saturated rings. The number of hydrogen-bond donors (Lipinski definition) is 1. The van der Waals surface area contributed by atoms with E-state index in [9.17, 15) is 0 Å². The van der Waals surface area contributed by atoms with Crippen LogP contribution >= 0.6 is 0 Å². The minimum absolute atomic E-state index is 0.0938. The summed E-state index contributed by atoms with van der Waals surface area (Å²) in [6, 6.07) is 0.424. The van der Waals surface area contributed by atoms with Gasteiger partial charge in [0.15, 0.2) is 0 Å². The van der Waals surface area contributed by atoms with Gasteiger partial charge in [0.2, 0.25) is 0 Å². The first-order valence-electron chi connectivity index (χ1n) is 3.96. The van der Waals surface area contributed by atoms with E-state index in [0.717, 1.165) is 5.57 Å². The topological polar surface area (TPSA) is 12.0 Å². The molecule has 0 saturated heterocycles. The maximum absolute atomic E-state index is 3.96. The number of allylic oxidation sites excluding steroid dienone is 1. The molecule has 1 N–H and O–H groups in total. The maximum atomic E-state index is 3.96. The molecule has 1 heteroatoms. The first-order chi connectivity index (χ1) is 4.96. The van der Waals surface area contributed by atoms with Gasteiger partial charge in [0.25, 0.3) is 0 Å².